The summed E-state index contributed by atoms with van der Waals surface area (Å²) in [5.74, 6) is -0.262. The second kappa shape index (κ2) is 6.94. The fourth-order valence-corrected chi connectivity index (χ4v) is 4.24. The topological polar surface area (TPSA) is 72.2 Å². The van der Waals surface area contributed by atoms with E-state index in [4.69, 9.17) is 17.3 Å². The number of nitrogens with one attached hydrogen (secondary N) is 1. The van der Waals surface area contributed by atoms with Gasteiger partial charge in [0.15, 0.2) is 5.82 Å². The summed E-state index contributed by atoms with van der Waals surface area (Å²) in [6.07, 6.45) is 6.75. The number of halogens is 2. The Morgan fingerprint density at radius 3 is 2.67 bits per heavy atom. The third-order valence-electron chi connectivity index (χ3n) is 3.86. The highest BCUT2D eigenvalue weighted by Crippen LogP contribution is 2.28. The van der Waals surface area contributed by atoms with Crippen LogP contribution in [0.3, 0.4) is 0 Å². The summed E-state index contributed by atoms with van der Waals surface area (Å²) in [6.45, 7) is 0.296. The van der Waals surface area contributed by atoms with Crippen LogP contribution in [0.2, 0.25) is 5.02 Å². The average Bonchev–Trinajstić information content (AvgIpc) is 2.92. The molecule has 118 valence electrons. The Morgan fingerprint density at radius 2 is 2.00 bits per heavy atom. The van der Waals surface area contributed by atoms with E-state index in [1.165, 1.54) is 31.7 Å². The van der Waals surface area contributed by atoms with Crippen LogP contribution in [0.4, 0.5) is 10.1 Å². The van der Waals surface area contributed by atoms with E-state index < -0.39 is 20.7 Å². The molecule has 3 N–H and O–H groups in total. The zero-order valence-corrected chi connectivity index (χ0v) is 13.3. The summed E-state index contributed by atoms with van der Waals surface area (Å²) in [5.41, 5.74) is 5.64. The van der Waals surface area contributed by atoms with E-state index in [0.29, 0.717) is 12.5 Å². The van der Waals surface area contributed by atoms with E-state index in [1.54, 1.807) is 0 Å². The fraction of sp³-hybridized carbons (Fsp3) is 0.571. The molecule has 0 aromatic heterocycles. The molecule has 1 aromatic rings. The van der Waals surface area contributed by atoms with Crippen molar-refractivity contribution in [2.45, 2.75) is 43.4 Å². The van der Waals surface area contributed by atoms with Crippen LogP contribution in [0.5, 0.6) is 0 Å². The molecule has 0 heterocycles. The van der Waals surface area contributed by atoms with Crippen molar-refractivity contribution in [3.8, 4) is 0 Å². The van der Waals surface area contributed by atoms with Crippen LogP contribution in [-0.4, -0.2) is 15.0 Å². The summed E-state index contributed by atoms with van der Waals surface area (Å²) in [5, 5.41) is -0.290. The standard InChI is InChI=1S/C14H20ClFN2O2S/c15-12-8-11(17)9-13(14(12)16)21(19,20)18-7-3-6-10-4-1-2-5-10/h8-10,18H,1-7,17H2. The van der Waals surface area contributed by atoms with Gasteiger partial charge in [-0.25, -0.2) is 17.5 Å². The van der Waals surface area contributed by atoms with Crippen molar-refractivity contribution in [1.29, 1.82) is 0 Å². The third-order valence-corrected chi connectivity index (χ3v) is 5.60. The van der Waals surface area contributed by atoms with Gasteiger partial charge in [-0.1, -0.05) is 37.3 Å². The predicted molar refractivity (Wildman–Crippen MR) is 82.2 cm³/mol. The van der Waals surface area contributed by atoms with Crippen molar-refractivity contribution in [2.24, 2.45) is 5.92 Å². The van der Waals surface area contributed by atoms with E-state index in [-0.39, 0.29) is 10.7 Å². The Balaban J connectivity index is 1.95. The molecule has 0 unspecified atom stereocenters. The van der Waals surface area contributed by atoms with Crippen LogP contribution in [0, 0.1) is 11.7 Å². The highest BCUT2D eigenvalue weighted by Gasteiger charge is 2.22. The normalized spacial score (nSPS) is 16.5. The van der Waals surface area contributed by atoms with Crippen molar-refractivity contribution in [3.05, 3.63) is 23.0 Å². The molecule has 2 rings (SSSR count). The monoisotopic (exact) mass is 334 g/mol. The summed E-state index contributed by atoms with van der Waals surface area (Å²) in [7, 11) is -3.92. The largest absolute Gasteiger partial charge is 0.399 e. The quantitative estimate of drug-likeness (QED) is 0.619. The number of rotatable bonds is 6. The molecule has 0 amide bonds. The van der Waals surface area contributed by atoms with Gasteiger partial charge in [0, 0.05) is 12.2 Å². The van der Waals surface area contributed by atoms with Crippen molar-refractivity contribution < 1.29 is 12.8 Å². The summed E-state index contributed by atoms with van der Waals surface area (Å²) >= 11 is 5.63. The maximum absolute atomic E-state index is 13.8. The SMILES string of the molecule is Nc1cc(Cl)c(F)c(S(=O)(=O)NCCCC2CCCC2)c1. The molecule has 21 heavy (non-hydrogen) atoms. The first-order valence-electron chi connectivity index (χ1n) is 7.14. The van der Waals surface area contributed by atoms with Gasteiger partial charge in [0.25, 0.3) is 0 Å². The zero-order valence-electron chi connectivity index (χ0n) is 11.7. The highest BCUT2D eigenvalue weighted by molar-refractivity contribution is 7.89. The Morgan fingerprint density at radius 1 is 1.33 bits per heavy atom. The zero-order chi connectivity index (χ0) is 15.5. The molecule has 1 aromatic carbocycles. The molecule has 1 aliphatic rings. The van der Waals surface area contributed by atoms with Crippen LogP contribution >= 0.6 is 11.6 Å². The average molecular weight is 335 g/mol. The van der Waals surface area contributed by atoms with Gasteiger partial charge in [-0.2, -0.15) is 0 Å². The molecule has 0 bridgehead atoms. The molecular formula is C14H20ClFN2O2S. The molecule has 1 saturated carbocycles. The lowest BCUT2D eigenvalue weighted by Gasteiger charge is -2.11. The van der Waals surface area contributed by atoms with Gasteiger partial charge in [-0.15, -0.1) is 0 Å². The van der Waals surface area contributed by atoms with E-state index in [1.807, 2.05) is 0 Å². The lowest BCUT2D eigenvalue weighted by atomic mass is 10.0. The van der Waals surface area contributed by atoms with Crippen molar-refractivity contribution >= 4 is 27.3 Å². The first-order chi connectivity index (χ1) is 9.90. The number of hydrogen-bond acceptors (Lipinski definition) is 3. The Kier molecular flexibility index (Phi) is 5.46. The number of nitrogens with two attached hydrogens (primary N) is 1. The Labute approximate surface area is 129 Å². The van der Waals surface area contributed by atoms with Gasteiger partial charge < -0.3 is 5.73 Å². The van der Waals surface area contributed by atoms with Crippen LogP contribution in [-0.2, 0) is 10.0 Å². The van der Waals surface area contributed by atoms with E-state index in [2.05, 4.69) is 4.72 Å². The van der Waals surface area contributed by atoms with Crippen LogP contribution in [0.1, 0.15) is 38.5 Å². The second-order valence-electron chi connectivity index (χ2n) is 5.51. The number of sulfonamides is 1. The van der Waals surface area contributed by atoms with Crippen LogP contribution < -0.4 is 10.5 Å². The molecule has 0 saturated heterocycles. The minimum Gasteiger partial charge on any atom is -0.399 e. The van der Waals surface area contributed by atoms with Gasteiger partial charge in [0.1, 0.15) is 4.90 Å². The number of hydrogen-bond donors (Lipinski definition) is 2. The van der Waals surface area contributed by atoms with E-state index in [9.17, 15) is 12.8 Å². The van der Waals surface area contributed by atoms with E-state index >= 15 is 0 Å². The lowest BCUT2D eigenvalue weighted by molar-refractivity contribution is 0.480. The summed E-state index contributed by atoms with van der Waals surface area (Å²) in [4.78, 5) is -0.492. The summed E-state index contributed by atoms with van der Waals surface area (Å²) < 4.78 is 40.4. The minimum absolute atomic E-state index is 0.118. The number of nitrogen functional groups attached to an aromatic ring is 1. The van der Waals surface area contributed by atoms with Crippen molar-refractivity contribution in [2.75, 3.05) is 12.3 Å². The highest BCUT2D eigenvalue weighted by atomic mass is 35.5. The first-order valence-corrected chi connectivity index (χ1v) is 9.00. The molecule has 1 aliphatic carbocycles. The molecule has 4 nitrogen and oxygen atoms in total. The van der Waals surface area contributed by atoms with Gasteiger partial charge in [0.05, 0.1) is 5.02 Å². The molecule has 0 atom stereocenters. The molecular weight excluding hydrogens is 315 g/mol. The summed E-state index contributed by atoms with van der Waals surface area (Å²) in [6, 6.07) is 2.27. The van der Waals surface area contributed by atoms with E-state index in [0.717, 1.165) is 18.9 Å². The van der Waals surface area contributed by atoms with Crippen molar-refractivity contribution in [3.63, 3.8) is 0 Å². The smallest absolute Gasteiger partial charge is 0.243 e. The maximum Gasteiger partial charge on any atom is 0.243 e. The van der Waals surface area contributed by atoms with Crippen LogP contribution in [0.25, 0.3) is 0 Å². The van der Waals surface area contributed by atoms with Gasteiger partial charge in [0.2, 0.25) is 10.0 Å². The first kappa shape index (κ1) is 16.5. The molecule has 0 aliphatic heterocycles. The number of anilines is 1. The minimum atomic E-state index is -3.92. The Hall–Kier alpha value is -0.850. The second-order valence-corrected chi connectivity index (χ2v) is 7.65. The maximum atomic E-state index is 13.8. The molecule has 0 spiro atoms. The van der Waals surface area contributed by atoms with Gasteiger partial charge in [-0.05, 0) is 30.9 Å². The number of benzene rings is 1. The molecule has 7 heteroatoms. The van der Waals surface area contributed by atoms with Crippen LogP contribution in [0.15, 0.2) is 17.0 Å². The van der Waals surface area contributed by atoms with Gasteiger partial charge >= 0.3 is 0 Å². The fourth-order valence-electron chi connectivity index (χ4n) is 2.75. The Bertz CT molecular complexity index is 601. The third kappa shape index (κ3) is 4.31. The van der Waals surface area contributed by atoms with Crippen molar-refractivity contribution in [1.82, 2.24) is 4.72 Å². The lowest BCUT2D eigenvalue weighted by Crippen LogP contribution is -2.26. The van der Waals surface area contributed by atoms with Gasteiger partial charge in [-0.3, -0.25) is 0 Å². The molecule has 1 fully saturated rings. The molecule has 0 radical (unpaired) electrons. The predicted octanol–water partition coefficient (Wildman–Crippen LogP) is 3.31.